The van der Waals surface area contributed by atoms with Gasteiger partial charge in [-0.15, -0.1) is 5.10 Å². The van der Waals surface area contributed by atoms with Crippen molar-refractivity contribution in [3.8, 4) is 5.82 Å². The molecule has 126 valence electrons. The lowest BCUT2D eigenvalue weighted by molar-refractivity contribution is 0.581. The summed E-state index contributed by atoms with van der Waals surface area (Å²) >= 11 is 0. The first-order valence-electron chi connectivity index (χ1n) is 7.96. The van der Waals surface area contributed by atoms with Gasteiger partial charge in [0.1, 0.15) is 18.0 Å². The standard InChI is InChI=1S/C17H16FN7/c1-11(2)15-20-16(24-8-7-19-10-24)14-17(21-15)25(23-22-14)9-12-5-3-4-6-13(12)18/h3-8,10-11H,9H2,1-2H3. The first kappa shape index (κ1) is 15.4. The van der Waals surface area contributed by atoms with Crippen molar-refractivity contribution in [2.24, 2.45) is 0 Å². The second-order valence-electron chi connectivity index (χ2n) is 6.04. The molecule has 0 fully saturated rings. The lowest BCUT2D eigenvalue weighted by atomic mass is 10.2. The van der Waals surface area contributed by atoms with Gasteiger partial charge in [0.25, 0.3) is 0 Å². The molecule has 0 atom stereocenters. The number of halogens is 1. The molecule has 0 radical (unpaired) electrons. The third-order valence-electron chi connectivity index (χ3n) is 3.91. The quantitative estimate of drug-likeness (QED) is 0.572. The van der Waals surface area contributed by atoms with E-state index < -0.39 is 0 Å². The topological polar surface area (TPSA) is 74.3 Å². The molecule has 4 aromatic rings. The molecule has 0 bridgehead atoms. The van der Waals surface area contributed by atoms with Crippen LogP contribution in [-0.2, 0) is 6.54 Å². The van der Waals surface area contributed by atoms with Gasteiger partial charge in [-0.25, -0.2) is 24.0 Å². The second-order valence-corrected chi connectivity index (χ2v) is 6.04. The Kier molecular flexibility index (Phi) is 3.72. The Bertz CT molecular complexity index is 1020. The van der Waals surface area contributed by atoms with Gasteiger partial charge >= 0.3 is 0 Å². The zero-order valence-corrected chi connectivity index (χ0v) is 13.8. The van der Waals surface area contributed by atoms with Gasteiger partial charge in [0, 0.05) is 23.9 Å². The molecule has 3 heterocycles. The Morgan fingerprint density at radius 3 is 2.72 bits per heavy atom. The number of rotatable bonds is 4. The van der Waals surface area contributed by atoms with Crippen molar-refractivity contribution >= 4 is 11.2 Å². The molecule has 0 saturated heterocycles. The Labute approximate surface area is 143 Å². The average Bonchev–Trinajstić information content (AvgIpc) is 3.26. The highest BCUT2D eigenvalue weighted by molar-refractivity contribution is 5.77. The van der Waals surface area contributed by atoms with E-state index in [1.807, 2.05) is 13.8 Å². The van der Waals surface area contributed by atoms with Gasteiger partial charge in [-0.2, -0.15) is 0 Å². The minimum Gasteiger partial charge on any atom is -0.288 e. The molecule has 25 heavy (non-hydrogen) atoms. The Hall–Kier alpha value is -3.16. The van der Waals surface area contributed by atoms with Crippen LogP contribution in [0.4, 0.5) is 4.39 Å². The minimum atomic E-state index is -0.279. The van der Waals surface area contributed by atoms with Crippen molar-refractivity contribution in [1.82, 2.24) is 34.5 Å². The highest BCUT2D eigenvalue weighted by Crippen LogP contribution is 2.21. The summed E-state index contributed by atoms with van der Waals surface area (Å²) in [5, 5.41) is 8.38. The number of aromatic nitrogens is 7. The number of imidazole rings is 1. The molecule has 3 aromatic heterocycles. The van der Waals surface area contributed by atoms with Crippen molar-refractivity contribution < 1.29 is 4.39 Å². The van der Waals surface area contributed by atoms with E-state index in [9.17, 15) is 4.39 Å². The minimum absolute atomic E-state index is 0.128. The van der Waals surface area contributed by atoms with Crippen molar-refractivity contribution in [2.45, 2.75) is 26.3 Å². The predicted molar refractivity (Wildman–Crippen MR) is 89.8 cm³/mol. The SMILES string of the molecule is CC(C)c1nc(-n2ccnc2)c2nnn(Cc3ccccc3F)c2n1. The fraction of sp³-hybridized carbons (Fsp3) is 0.235. The van der Waals surface area contributed by atoms with Crippen LogP contribution in [0.3, 0.4) is 0 Å². The van der Waals surface area contributed by atoms with Gasteiger partial charge in [-0.3, -0.25) is 4.57 Å². The van der Waals surface area contributed by atoms with Crippen molar-refractivity contribution in [2.75, 3.05) is 0 Å². The van der Waals surface area contributed by atoms with Crippen LogP contribution in [0.25, 0.3) is 17.0 Å². The van der Waals surface area contributed by atoms with Gasteiger partial charge < -0.3 is 0 Å². The van der Waals surface area contributed by atoms with E-state index >= 15 is 0 Å². The number of benzene rings is 1. The van der Waals surface area contributed by atoms with E-state index in [1.54, 1.807) is 46.2 Å². The third kappa shape index (κ3) is 2.75. The normalized spacial score (nSPS) is 11.5. The Balaban J connectivity index is 1.88. The summed E-state index contributed by atoms with van der Waals surface area (Å²) < 4.78 is 17.4. The number of nitrogens with zero attached hydrogens (tertiary/aromatic N) is 7. The molecule has 0 aliphatic carbocycles. The van der Waals surface area contributed by atoms with Gasteiger partial charge in [-0.1, -0.05) is 37.3 Å². The van der Waals surface area contributed by atoms with Crippen molar-refractivity contribution in [1.29, 1.82) is 0 Å². The molecular weight excluding hydrogens is 321 g/mol. The summed E-state index contributed by atoms with van der Waals surface area (Å²) in [4.78, 5) is 13.3. The molecule has 7 nitrogen and oxygen atoms in total. The first-order chi connectivity index (χ1) is 12.1. The number of hydrogen-bond acceptors (Lipinski definition) is 5. The summed E-state index contributed by atoms with van der Waals surface area (Å²) in [6.07, 6.45) is 5.12. The van der Waals surface area contributed by atoms with Crippen LogP contribution in [0, 0.1) is 5.82 Å². The molecule has 0 aliphatic heterocycles. The Morgan fingerprint density at radius 1 is 1.16 bits per heavy atom. The fourth-order valence-corrected chi connectivity index (χ4v) is 2.58. The zero-order valence-electron chi connectivity index (χ0n) is 13.8. The lowest BCUT2D eigenvalue weighted by Gasteiger charge is -2.09. The Morgan fingerprint density at radius 2 is 2.00 bits per heavy atom. The largest absolute Gasteiger partial charge is 0.288 e. The monoisotopic (exact) mass is 337 g/mol. The van der Waals surface area contributed by atoms with Crippen LogP contribution in [0.1, 0.15) is 31.2 Å². The summed E-state index contributed by atoms with van der Waals surface area (Å²) in [6, 6.07) is 6.61. The molecular formula is C17H16FN7. The maximum Gasteiger partial charge on any atom is 0.184 e. The summed E-state index contributed by atoms with van der Waals surface area (Å²) in [7, 11) is 0. The van der Waals surface area contributed by atoms with Gasteiger partial charge in [0.05, 0.1) is 6.54 Å². The summed E-state index contributed by atoms with van der Waals surface area (Å²) in [6.45, 7) is 4.29. The molecule has 0 saturated carbocycles. The van der Waals surface area contributed by atoms with Crippen LogP contribution >= 0.6 is 0 Å². The van der Waals surface area contributed by atoms with Gasteiger partial charge in [0.2, 0.25) is 0 Å². The summed E-state index contributed by atoms with van der Waals surface area (Å²) in [5.41, 5.74) is 1.66. The third-order valence-corrected chi connectivity index (χ3v) is 3.91. The van der Waals surface area contributed by atoms with E-state index in [0.29, 0.717) is 28.4 Å². The van der Waals surface area contributed by atoms with E-state index in [0.717, 1.165) is 0 Å². The first-order valence-corrected chi connectivity index (χ1v) is 7.96. The maximum absolute atomic E-state index is 14.0. The van der Waals surface area contributed by atoms with E-state index in [4.69, 9.17) is 0 Å². The van der Waals surface area contributed by atoms with Crippen molar-refractivity contribution in [3.05, 3.63) is 60.2 Å². The van der Waals surface area contributed by atoms with Gasteiger partial charge in [0.15, 0.2) is 17.0 Å². The molecule has 0 N–H and O–H groups in total. The van der Waals surface area contributed by atoms with Crippen LogP contribution in [-0.4, -0.2) is 34.5 Å². The van der Waals surface area contributed by atoms with Crippen LogP contribution in [0.2, 0.25) is 0 Å². The van der Waals surface area contributed by atoms with Gasteiger partial charge in [-0.05, 0) is 6.07 Å². The molecule has 0 spiro atoms. The van der Waals surface area contributed by atoms with Crippen molar-refractivity contribution in [3.63, 3.8) is 0 Å². The van der Waals surface area contributed by atoms with Crippen LogP contribution in [0.5, 0.6) is 0 Å². The average molecular weight is 337 g/mol. The molecule has 8 heteroatoms. The molecule has 1 aromatic carbocycles. The van der Waals surface area contributed by atoms with Crippen LogP contribution < -0.4 is 0 Å². The second kappa shape index (κ2) is 6.04. The number of fused-ring (bicyclic) bond motifs is 1. The highest BCUT2D eigenvalue weighted by atomic mass is 19.1. The smallest absolute Gasteiger partial charge is 0.184 e. The lowest BCUT2D eigenvalue weighted by Crippen LogP contribution is -2.08. The predicted octanol–water partition coefficient (Wildman–Crippen LogP) is 2.72. The number of hydrogen-bond donors (Lipinski definition) is 0. The molecule has 0 unspecified atom stereocenters. The summed E-state index contributed by atoms with van der Waals surface area (Å²) in [5.74, 6) is 1.14. The van der Waals surface area contributed by atoms with Crippen LogP contribution in [0.15, 0.2) is 43.0 Å². The molecule has 0 aliphatic rings. The maximum atomic E-state index is 14.0. The van der Waals surface area contributed by atoms with E-state index in [-0.39, 0.29) is 18.3 Å². The van der Waals surface area contributed by atoms with E-state index in [2.05, 4.69) is 25.3 Å². The highest BCUT2D eigenvalue weighted by Gasteiger charge is 2.18. The molecule has 0 amide bonds. The molecule has 4 rings (SSSR count). The van der Waals surface area contributed by atoms with E-state index in [1.165, 1.54) is 6.07 Å². The fourth-order valence-electron chi connectivity index (χ4n) is 2.58. The zero-order chi connectivity index (χ0) is 17.4.